The number of amides is 3. The van der Waals surface area contributed by atoms with Crippen LogP contribution in [0.1, 0.15) is 103 Å². The van der Waals surface area contributed by atoms with E-state index in [1.54, 1.807) is 24.3 Å². The highest BCUT2D eigenvalue weighted by Gasteiger charge is 2.43. The molecule has 10 nitrogen and oxygen atoms in total. The number of morpholine rings is 1. The molecule has 2 aliphatic heterocycles. The number of hydrogen-bond donors (Lipinski definition) is 3. The molecule has 3 heterocycles. The molecule has 3 aromatic rings. The Morgan fingerprint density at radius 3 is 2.37 bits per heavy atom. The van der Waals surface area contributed by atoms with Gasteiger partial charge in [0.1, 0.15) is 5.54 Å². The predicted octanol–water partition coefficient (Wildman–Crippen LogP) is 7.17. The van der Waals surface area contributed by atoms with Crippen LogP contribution in [0.5, 0.6) is 0 Å². The van der Waals surface area contributed by atoms with Crippen molar-refractivity contribution in [3.63, 3.8) is 0 Å². The highest BCUT2D eigenvalue weighted by atomic mass is 16.5. The molecule has 3 unspecified atom stereocenters. The molecule has 3 amide bonds. The quantitative estimate of drug-likeness (QED) is 0.211. The average molecular weight is 731 g/mol. The van der Waals surface area contributed by atoms with Crippen LogP contribution in [0.4, 0.5) is 5.69 Å². The number of allylic oxidation sites excluding steroid dienone is 4. The molecule has 1 aromatic heterocycles. The van der Waals surface area contributed by atoms with Crippen LogP contribution in [0.2, 0.25) is 0 Å². The van der Waals surface area contributed by atoms with Gasteiger partial charge in [0.05, 0.1) is 19.1 Å². The average Bonchev–Trinajstić information content (AvgIpc) is 3.76. The van der Waals surface area contributed by atoms with Gasteiger partial charge in [-0.05, 0) is 85.4 Å². The van der Waals surface area contributed by atoms with Gasteiger partial charge in [0.25, 0.3) is 5.91 Å². The second kappa shape index (κ2) is 15.4. The molecule has 3 aliphatic carbocycles. The number of nitrogens with one attached hydrogen (secondary N) is 2. The smallest absolute Gasteiger partial charge is 0.328 e. The zero-order valence-corrected chi connectivity index (χ0v) is 30.8. The Morgan fingerprint density at radius 1 is 0.889 bits per heavy atom. The van der Waals surface area contributed by atoms with Crippen LogP contribution in [0, 0.1) is 11.8 Å². The Morgan fingerprint density at radius 2 is 1.63 bits per heavy atom. The van der Waals surface area contributed by atoms with Crippen molar-refractivity contribution in [1.29, 1.82) is 0 Å². The lowest BCUT2D eigenvalue weighted by Gasteiger charge is -2.31. The normalized spacial score (nSPS) is 23.9. The van der Waals surface area contributed by atoms with Crippen molar-refractivity contribution < 1.29 is 29.0 Å². The van der Waals surface area contributed by atoms with Crippen LogP contribution in [0.15, 0.2) is 72.8 Å². The van der Waals surface area contributed by atoms with Gasteiger partial charge in [0, 0.05) is 59.5 Å². The Hall–Kier alpha value is -4.96. The standard InChI is InChI=1S/C44H50N4O6/c49-38(50)19-14-29-12-16-34(17-13-29)45-43(53)44(20-6-7-21-44)46-41(51)32-15-18-36-37(27-32)48-28-33(42(52)47-22-24-54-25-23-47)26-31-10-4-5-11-35(31)40(48)39(36)30-8-2-1-3-9-30/h4-5,10-19,27,30-31,33,35H,1-3,6-9,20-26,28H2,(H,45,53)(H,46,51)(H,49,50)/b19-14+. The Labute approximate surface area is 316 Å². The van der Waals surface area contributed by atoms with E-state index >= 15 is 0 Å². The first-order valence-electron chi connectivity index (χ1n) is 19.8. The van der Waals surface area contributed by atoms with Gasteiger partial charge in [-0.15, -0.1) is 0 Å². The third-order valence-corrected chi connectivity index (χ3v) is 12.4. The molecular weight excluding hydrogens is 681 g/mol. The number of aliphatic carboxylic acids is 1. The molecule has 3 fully saturated rings. The lowest BCUT2D eigenvalue weighted by molar-refractivity contribution is -0.140. The summed E-state index contributed by atoms with van der Waals surface area (Å²) in [5.41, 5.74) is 4.40. The van der Waals surface area contributed by atoms with Gasteiger partial charge in [-0.25, -0.2) is 4.79 Å². The summed E-state index contributed by atoms with van der Waals surface area (Å²) in [6.07, 6.45) is 20.9. The zero-order valence-electron chi connectivity index (χ0n) is 30.8. The van der Waals surface area contributed by atoms with E-state index in [-0.39, 0.29) is 35.5 Å². The maximum Gasteiger partial charge on any atom is 0.328 e. The van der Waals surface area contributed by atoms with Gasteiger partial charge in [0.15, 0.2) is 0 Å². The van der Waals surface area contributed by atoms with E-state index in [4.69, 9.17) is 9.84 Å². The molecule has 5 aliphatic rings. The first-order valence-corrected chi connectivity index (χ1v) is 19.8. The Bertz CT molecular complexity index is 2010. The molecule has 0 bridgehead atoms. The minimum Gasteiger partial charge on any atom is -0.478 e. The number of carboxylic acid groups (broad SMARTS) is 1. The highest BCUT2D eigenvalue weighted by Crippen LogP contribution is 2.48. The number of ether oxygens (including phenoxy) is 1. The molecule has 8 rings (SSSR count). The number of rotatable bonds is 8. The molecule has 0 spiro atoms. The minimum atomic E-state index is -1.06. The van der Waals surface area contributed by atoms with Crippen LogP contribution in [-0.2, 0) is 25.7 Å². The molecular formula is C44H50N4O6. The number of carboxylic acids is 1. The maximum absolute atomic E-state index is 14.3. The van der Waals surface area contributed by atoms with Crippen molar-refractivity contribution in [2.24, 2.45) is 11.8 Å². The van der Waals surface area contributed by atoms with Crippen LogP contribution in [0.25, 0.3) is 17.0 Å². The molecule has 3 atom stereocenters. The molecule has 1 saturated heterocycles. The van der Waals surface area contributed by atoms with Crippen molar-refractivity contribution in [3.05, 3.63) is 95.2 Å². The third-order valence-electron chi connectivity index (χ3n) is 12.4. The summed E-state index contributed by atoms with van der Waals surface area (Å²) in [6.45, 7) is 2.91. The second-order valence-electron chi connectivity index (χ2n) is 15.8. The number of carbonyl (C=O) groups is 4. The Kier molecular flexibility index (Phi) is 10.3. The number of anilines is 1. The van der Waals surface area contributed by atoms with E-state index in [0.717, 1.165) is 43.7 Å². The highest BCUT2D eigenvalue weighted by molar-refractivity contribution is 6.05. The van der Waals surface area contributed by atoms with E-state index < -0.39 is 11.5 Å². The fourth-order valence-corrected chi connectivity index (χ4v) is 9.70. The van der Waals surface area contributed by atoms with E-state index in [1.807, 2.05) is 17.0 Å². The number of benzene rings is 2. The van der Waals surface area contributed by atoms with Gasteiger partial charge < -0.3 is 29.9 Å². The summed E-state index contributed by atoms with van der Waals surface area (Å²) in [5.74, 6) is -0.811. The number of hydrogen-bond acceptors (Lipinski definition) is 5. The number of nitrogens with zero attached hydrogens (tertiary/aromatic N) is 2. The number of aromatic nitrogens is 1. The van der Waals surface area contributed by atoms with E-state index in [1.165, 1.54) is 42.0 Å². The first-order chi connectivity index (χ1) is 26.3. The summed E-state index contributed by atoms with van der Waals surface area (Å²) < 4.78 is 7.97. The molecule has 10 heteroatoms. The summed E-state index contributed by atoms with van der Waals surface area (Å²) in [7, 11) is 0. The van der Waals surface area contributed by atoms with Crippen molar-refractivity contribution in [3.8, 4) is 0 Å². The lowest BCUT2D eigenvalue weighted by Crippen LogP contribution is -2.55. The van der Waals surface area contributed by atoms with Crippen molar-refractivity contribution >= 4 is 46.4 Å². The van der Waals surface area contributed by atoms with Crippen LogP contribution in [-0.4, -0.2) is 70.1 Å². The van der Waals surface area contributed by atoms with Gasteiger partial charge in [0.2, 0.25) is 11.8 Å². The van der Waals surface area contributed by atoms with E-state index in [9.17, 15) is 19.2 Å². The number of fused-ring (bicyclic) bond motifs is 5. The summed E-state index contributed by atoms with van der Waals surface area (Å²) in [6, 6.07) is 13.0. The topological polar surface area (TPSA) is 130 Å². The largest absolute Gasteiger partial charge is 0.478 e. The summed E-state index contributed by atoms with van der Waals surface area (Å²) in [5, 5.41) is 16.3. The summed E-state index contributed by atoms with van der Waals surface area (Å²) >= 11 is 0. The zero-order chi connectivity index (χ0) is 37.2. The van der Waals surface area contributed by atoms with Gasteiger partial charge >= 0.3 is 5.97 Å². The Balaban J connectivity index is 1.13. The molecule has 2 aromatic carbocycles. The van der Waals surface area contributed by atoms with Gasteiger partial charge in [-0.1, -0.05) is 74.6 Å². The summed E-state index contributed by atoms with van der Waals surface area (Å²) in [4.78, 5) is 55.3. The van der Waals surface area contributed by atoms with E-state index in [2.05, 4.69) is 45.6 Å². The fraction of sp³-hybridized carbons (Fsp3) is 0.455. The van der Waals surface area contributed by atoms with E-state index in [0.29, 0.717) is 68.4 Å². The fourth-order valence-electron chi connectivity index (χ4n) is 9.70. The predicted molar refractivity (Wildman–Crippen MR) is 208 cm³/mol. The molecule has 282 valence electrons. The lowest BCUT2D eigenvalue weighted by atomic mass is 9.76. The van der Waals surface area contributed by atoms with Gasteiger partial charge in [-0.2, -0.15) is 0 Å². The van der Waals surface area contributed by atoms with Crippen LogP contribution < -0.4 is 10.6 Å². The third kappa shape index (κ3) is 7.16. The molecule has 2 saturated carbocycles. The molecule has 3 N–H and O–H groups in total. The van der Waals surface area contributed by atoms with Crippen molar-refractivity contribution in [1.82, 2.24) is 14.8 Å². The van der Waals surface area contributed by atoms with Crippen LogP contribution in [0.3, 0.4) is 0 Å². The second-order valence-corrected chi connectivity index (χ2v) is 15.8. The minimum absolute atomic E-state index is 0.145. The van der Waals surface area contributed by atoms with Crippen molar-refractivity contribution in [2.75, 3.05) is 31.6 Å². The molecule has 54 heavy (non-hydrogen) atoms. The van der Waals surface area contributed by atoms with Gasteiger partial charge in [-0.3, -0.25) is 14.4 Å². The SMILES string of the molecule is O=C(O)/C=C/c1ccc(NC(=O)C2(NC(=O)c3ccc4c(C5CCCCC5)c5n(c4c3)CC(C(=O)N3CCOCC3)CC3C=CC=CC53)CCCC2)cc1. The maximum atomic E-state index is 14.3. The number of carbonyl (C=O) groups excluding carboxylic acids is 3. The van der Waals surface area contributed by atoms with Crippen LogP contribution >= 0.6 is 0 Å². The molecule has 0 radical (unpaired) electrons. The first kappa shape index (κ1) is 36.0. The monoisotopic (exact) mass is 730 g/mol. The van der Waals surface area contributed by atoms with Crippen molar-refractivity contribution in [2.45, 2.75) is 88.1 Å².